The summed E-state index contributed by atoms with van der Waals surface area (Å²) in [4.78, 5) is 35.3. The number of nitrogens with one attached hydrogen (secondary N) is 3. The average Bonchev–Trinajstić information content (AvgIpc) is 2.64. The third-order valence-electron chi connectivity index (χ3n) is 3.51. The second-order valence-corrected chi connectivity index (χ2v) is 6.31. The molecule has 0 saturated heterocycles. The van der Waals surface area contributed by atoms with Gasteiger partial charge in [-0.15, -0.1) is 0 Å². The highest BCUT2D eigenvalue weighted by atomic mass is 19.1. The molecule has 0 aliphatic rings. The van der Waals surface area contributed by atoms with Gasteiger partial charge in [-0.2, -0.15) is 0 Å². The first-order valence-corrected chi connectivity index (χ1v) is 8.69. The standard InChI is InChI=1S/C20H22FN3O4/c1-13(2)23-20(27)22-11-14-6-8-15(9-7-14)19(26)28-12-18(25)24-17-5-3-4-16(21)10-17/h3-10,13H,11-12H2,1-2H3,(H,24,25)(H2,22,23,27). The van der Waals surface area contributed by atoms with Gasteiger partial charge in [-0.05, 0) is 49.7 Å². The molecule has 3 amide bonds. The van der Waals surface area contributed by atoms with Crippen molar-refractivity contribution < 1.29 is 23.5 Å². The molecule has 0 atom stereocenters. The highest BCUT2D eigenvalue weighted by Gasteiger charge is 2.11. The maximum Gasteiger partial charge on any atom is 0.338 e. The number of carbonyl (C=O) groups is 3. The normalized spacial score (nSPS) is 10.3. The maximum atomic E-state index is 13.1. The van der Waals surface area contributed by atoms with Crippen LogP contribution >= 0.6 is 0 Å². The summed E-state index contributed by atoms with van der Waals surface area (Å²) in [6.07, 6.45) is 0. The lowest BCUT2D eigenvalue weighted by Crippen LogP contribution is -2.39. The Labute approximate surface area is 162 Å². The molecule has 0 unspecified atom stereocenters. The second kappa shape index (κ2) is 10.1. The van der Waals surface area contributed by atoms with Crippen molar-refractivity contribution in [2.24, 2.45) is 0 Å². The fourth-order valence-electron chi connectivity index (χ4n) is 2.23. The van der Waals surface area contributed by atoms with Crippen LogP contribution in [0, 0.1) is 5.82 Å². The van der Waals surface area contributed by atoms with E-state index in [0.29, 0.717) is 6.54 Å². The first-order chi connectivity index (χ1) is 13.3. The molecule has 0 saturated carbocycles. The molecule has 3 N–H and O–H groups in total. The Hall–Kier alpha value is -3.42. The van der Waals surface area contributed by atoms with Crippen LogP contribution in [0.1, 0.15) is 29.8 Å². The second-order valence-electron chi connectivity index (χ2n) is 6.31. The molecule has 0 bridgehead atoms. The summed E-state index contributed by atoms with van der Waals surface area (Å²) in [6.45, 7) is 3.54. The van der Waals surface area contributed by atoms with E-state index in [0.717, 1.165) is 11.6 Å². The molecule has 0 heterocycles. The van der Waals surface area contributed by atoms with Crippen molar-refractivity contribution in [3.05, 3.63) is 65.5 Å². The molecule has 0 spiro atoms. The van der Waals surface area contributed by atoms with Crippen molar-refractivity contribution in [2.75, 3.05) is 11.9 Å². The first-order valence-electron chi connectivity index (χ1n) is 8.69. The molecule has 0 fully saturated rings. The highest BCUT2D eigenvalue weighted by Crippen LogP contribution is 2.09. The van der Waals surface area contributed by atoms with Gasteiger partial charge in [0.1, 0.15) is 5.82 Å². The Kier molecular flexibility index (Phi) is 7.50. The molecule has 0 aliphatic carbocycles. The zero-order valence-electron chi connectivity index (χ0n) is 15.6. The lowest BCUT2D eigenvalue weighted by Gasteiger charge is -2.10. The third-order valence-corrected chi connectivity index (χ3v) is 3.51. The number of esters is 1. The number of anilines is 1. The summed E-state index contributed by atoms with van der Waals surface area (Å²) in [7, 11) is 0. The summed E-state index contributed by atoms with van der Waals surface area (Å²) < 4.78 is 18.0. The van der Waals surface area contributed by atoms with Gasteiger partial charge in [0.2, 0.25) is 0 Å². The number of hydrogen-bond acceptors (Lipinski definition) is 4. The van der Waals surface area contributed by atoms with Crippen molar-refractivity contribution in [3.8, 4) is 0 Å². The molecule has 28 heavy (non-hydrogen) atoms. The van der Waals surface area contributed by atoms with Crippen LogP contribution in [-0.2, 0) is 16.1 Å². The minimum Gasteiger partial charge on any atom is -0.452 e. The molecule has 0 aromatic heterocycles. The third kappa shape index (κ3) is 7.06. The van der Waals surface area contributed by atoms with E-state index in [-0.39, 0.29) is 23.3 Å². The molecule has 148 valence electrons. The average molecular weight is 387 g/mol. The van der Waals surface area contributed by atoms with Gasteiger partial charge in [-0.3, -0.25) is 4.79 Å². The number of amides is 3. The number of halogens is 1. The molecular formula is C20H22FN3O4. The quantitative estimate of drug-likeness (QED) is 0.637. The zero-order valence-corrected chi connectivity index (χ0v) is 15.6. The molecule has 0 aliphatic heterocycles. The predicted octanol–water partition coefficient (Wildman–Crippen LogP) is 2.83. The van der Waals surface area contributed by atoms with E-state index in [4.69, 9.17) is 4.74 Å². The van der Waals surface area contributed by atoms with Crippen molar-refractivity contribution in [1.82, 2.24) is 10.6 Å². The van der Waals surface area contributed by atoms with Crippen LogP contribution in [0.4, 0.5) is 14.9 Å². The summed E-state index contributed by atoms with van der Waals surface area (Å²) in [5, 5.41) is 7.84. The number of benzene rings is 2. The summed E-state index contributed by atoms with van der Waals surface area (Å²) in [5.74, 6) is -1.71. The molecule has 7 nitrogen and oxygen atoms in total. The Morgan fingerprint density at radius 2 is 1.79 bits per heavy atom. The molecular weight excluding hydrogens is 365 g/mol. The predicted molar refractivity (Wildman–Crippen MR) is 102 cm³/mol. The van der Waals surface area contributed by atoms with Gasteiger partial charge < -0.3 is 20.7 Å². The van der Waals surface area contributed by atoms with Crippen LogP contribution in [0.25, 0.3) is 0 Å². The number of hydrogen-bond donors (Lipinski definition) is 3. The summed E-state index contributed by atoms with van der Waals surface area (Å²) in [6, 6.07) is 11.6. The highest BCUT2D eigenvalue weighted by molar-refractivity contribution is 5.95. The van der Waals surface area contributed by atoms with Gasteiger partial charge >= 0.3 is 12.0 Å². The largest absolute Gasteiger partial charge is 0.452 e. The zero-order chi connectivity index (χ0) is 20.5. The molecule has 8 heteroatoms. The van der Waals surface area contributed by atoms with E-state index in [9.17, 15) is 18.8 Å². The first kappa shape index (κ1) is 20.9. The molecule has 2 aromatic rings. The SMILES string of the molecule is CC(C)NC(=O)NCc1ccc(C(=O)OCC(=O)Nc2cccc(F)c2)cc1. The van der Waals surface area contributed by atoms with Crippen LogP contribution in [0.15, 0.2) is 48.5 Å². The molecule has 0 radical (unpaired) electrons. The number of ether oxygens (including phenoxy) is 1. The van der Waals surface area contributed by atoms with Gasteiger partial charge in [-0.25, -0.2) is 14.0 Å². The van der Waals surface area contributed by atoms with E-state index in [1.807, 2.05) is 13.8 Å². The van der Waals surface area contributed by atoms with E-state index < -0.39 is 24.3 Å². The Bertz CT molecular complexity index is 838. The van der Waals surface area contributed by atoms with Gasteiger partial charge in [-0.1, -0.05) is 18.2 Å². The number of urea groups is 1. The number of rotatable bonds is 7. The van der Waals surface area contributed by atoms with Crippen LogP contribution < -0.4 is 16.0 Å². The van der Waals surface area contributed by atoms with Gasteiger partial charge in [0, 0.05) is 18.3 Å². The molecule has 2 aromatic carbocycles. The van der Waals surface area contributed by atoms with Crippen molar-refractivity contribution >= 4 is 23.6 Å². The van der Waals surface area contributed by atoms with Crippen LogP contribution in [0.3, 0.4) is 0 Å². The van der Waals surface area contributed by atoms with Crippen LogP contribution in [0.2, 0.25) is 0 Å². The summed E-state index contributed by atoms with van der Waals surface area (Å²) >= 11 is 0. The topological polar surface area (TPSA) is 96.5 Å². The summed E-state index contributed by atoms with van der Waals surface area (Å²) in [5.41, 5.74) is 1.35. The van der Waals surface area contributed by atoms with Crippen LogP contribution in [-0.4, -0.2) is 30.6 Å². The van der Waals surface area contributed by atoms with E-state index in [2.05, 4.69) is 16.0 Å². The Balaban J connectivity index is 1.79. The smallest absolute Gasteiger partial charge is 0.338 e. The molecule has 2 rings (SSSR count). The monoisotopic (exact) mass is 387 g/mol. The van der Waals surface area contributed by atoms with E-state index in [1.54, 1.807) is 24.3 Å². The Morgan fingerprint density at radius 1 is 1.07 bits per heavy atom. The van der Waals surface area contributed by atoms with E-state index >= 15 is 0 Å². The van der Waals surface area contributed by atoms with Gasteiger partial charge in [0.15, 0.2) is 6.61 Å². The van der Waals surface area contributed by atoms with Crippen LogP contribution in [0.5, 0.6) is 0 Å². The maximum absolute atomic E-state index is 13.1. The minimum absolute atomic E-state index is 0.0373. The Morgan fingerprint density at radius 3 is 2.43 bits per heavy atom. The van der Waals surface area contributed by atoms with Crippen molar-refractivity contribution in [1.29, 1.82) is 0 Å². The minimum atomic E-state index is -0.661. The lowest BCUT2D eigenvalue weighted by atomic mass is 10.1. The lowest BCUT2D eigenvalue weighted by molar-refractivity contribution is -0.119. The van der Waals surface area contributed by atoms with Crippen molar-refractivity contribution in [2.45, 2.75) is 26.4 Å². The van der Waals surface area contributed by atoms with Crippen molar-refractivity contribution in [3.63, 3.8) is 0 Å². The van der Waals surface area contributed by atoms with E-state index in [1.165, 1.54) is 18.2 Å². The fraction of sp³-hybridized carbons (Fsp3) is 0.250. The van der Waals surface area contributed by atoms with Gasteiger partial charge in [0.05, 0.1) is 5.56 Å². The van der Waals surface area contributed by atoms with Gasteiger partial charge in [0.25, 0.3) is 5.91 Å². The fourth-order valence-corrected chi connectivity index (χ4v) is 2.23. The number of carbonyl (C=O) groups excluding carboxylic acids is 3.